The second kappa shape index (κ2) is 9.10. The van der Waals surface area contributed by atoms with E-state index in [-0.39, 0.29) is 17.4 Å². The van der Waals surface area contributed by atoms with Gasteiger partial charge in [-0.3, -0.25) is 14.9 Å². The lowest BCUT2D eigenvalue weighted by Gasteiger charge is -2.35. The van der Waals surface area contributed by atoms with Crippen molar-refractivity contribution in [3.63, 3.8) is 0 Å². The molecular weight excluding hydrogens is 394 g/mol. The number of likely N-dealkylation sites (tertiary alicyclic amines) is 1. The Hall–Kier alpha value is -3.17. The van der Waals surface area contributed by atoms with Crippen molar-refractivity contribution >= 4 is 23.7 Å². The van der Waals surface area contributed by atoms with Gasteiger partial charge < -0.3 is 19.7 Å². The van der Waals surface area contributed by atoms with Gasteiger partial charge >= 0.3 is 12.1 Å². The first-order valence-corrected chi connectivity index (χ1v) is 9.56. The number of carbonyl (C=O) groups is 3. The van der Waals surface area contributed by atoms with E-state index in [2.05, 4.69) is 5.32 Å². The van der Waals surface area contributed by atoms with E-state index in [0.717, 1.165) is 0 Å². The lowest BCUT2D eigenvalue weighted by molar-refractivity contribution is -0.384. The van der Waals surface area contributed by atoms with Gasteiger partial charge in [-0.15, -0.1) is 0 Å². The topological polar surface area (TPSA) is 128 Å². The molecule has 1 heterocycles. The third kappa shape index (κ3) is 5.25. The molecule has 1 saturated heterocycles. The number of nitro groups is 1. The number of ether oxygens (including phenoxy) is 2. The number of hydrogen-bond donors (Lipinski definition) is 1. The Morgan fingerprint density at radius 1 is 1.23 bits per heavy atom. The number of esters is 1. The maximum Gasteiger partial charge on any atom is 0.413 e. The van der Waals surface area contributed by atoms with Gasteiger partial charge in [0.1, 0.15) is 17.8 Å². The van der Waals surface area contributed by atoms with Crippen molar-refractivity contribution in [1.29, 1.82) is 0 Å². The van der Waals surface area contributed by atoms with Gasteiger partial charge in [0.05, 0.1) is 12.0 Å². The highest BCUT2D eigenvalue weighted by molar-refractivity contribution is 5.91. The molecule has 0 aliphatic carbocycles. The molecule has 30 heavy (non-hydrogen) atoms. The zero-order valence-corrected chi connectivity index (χ0v) is 17.7. The molecule has 1 fully saturated rings. The Kier molecular flexibility index (Phi) is 7.01. The molecule has 0 spiro atoms. The molecule has 10 heteroatoms. The van der Waals surface area contributed by atoms with Crippen LogP contribution in [-0.4, -0.2) is 53.5 Å². The molecule has 0 radical (unpaired) electrons. The van der Waals surface area contributed by atoms with Crippen LogP contribution in [0.5, 0.6) is 5.75 Å². The quantitative estimate of drug-likeness (QED) is 0.439. The Bertz CT molecular complexity index is 817. The molecule has 0 unspecified atom stereocenters. The molecule has 1 aromatic rings. The van der Waals surface area contributed by atoms with Crippen LogP contribution in [0.15, 0.2) is 24.3 Å². The number of hydrogen-bond acceptors (Lipinski definition) is 7. The van der Waals surface area contributed by atoms with Gasteiger partial charge in [-0.25, -0.2) is 9.59 Å². The van der Waals surface area contributed by atoms with Gasteiger partial charge in [0, 0.05) is 18.7 Å². The molecule has 10 nitrogen and oxygen atoms in total. The highest BCUT2D eigenvalue weighted by Gasteiger charge is 2.45. The van der Waals surface area contributed by atoms with Crippen LogP contribution in [0, 0.1) is 21.4 Å². The molecular formula is C20H27N3O7. The van der Waals surface area contributed by atoms with Crippen LogP contribution >= 0.6 is 0 Å². The van der Waals surface area contributed by atoms with E-state index >= 15 is 0 Å². The third-order valence-electron chi connectivity index (χ3n) is 5.06. The van der Waals surface area contributed by atoms with E-state index in [4.69, 9.17) is 9.47 Å². The third-order valence-corrected chi connectivity index (χ3v) is 5.06. The number of nitro benzene ring substituents is 1. The van der Waals surface area contributed by atoms with Crippen molar-refractivity contribution in [3.8, 4) is 5.75 Å². The van der Waals surface area contributed by atoms with Crippen LogP contribution in [0.4, 0.5) is 10.5 Å². The number of nitrogens with zero attached hydrogens (tertiary/aromatic N) is 2. The summed E-state index contributed by atoms with van der Waals surface area (Å²) >= 11 is 0. The van der Waals surface area contributed by atoms with E-state index in [1.54, 1.807) is 20.8 Å². The minimum atomic E-state index is -0.958. The standard InChI is InChI=1S/C20H27N3O7/c1-12-10-11-22(15(12)18(25)29-5)17(24)16(20(2,3)4)21-19(26)30-14-8-6-13(7-9-14)23(27)28/h6-9,12,15-16H,10-11H2,1-5H3,(H,21,26)/t12-,15-,16+/m0/s1. The molecule has 0 saturated carbocycles. The fourth-order valence-corrected chi connectivity index (χ4v) is 3.38. The van der Waals surface area contributed by atoms with Crippen LogP contribution in [-0.2, 0) is 14.3 Å². The summed E-state index contributed by atoms with van der Waals surface area (Å²) < 4.78 is 10.0. The maximum atomic E-state index is 13.2. The van der Waals surface area contributed by atoms with Crippen LogP contribution in [0.25, 0.3) is 0 Å². The van der Waals surface area contributed by atoms with Crippen LogP contribution < -0.4 is 10.1 Å². The Balaban J connectivity index is 2.15. The van der Waals surface area contributed by atoms with Crippen molar-refractivity contribution in [2.45, 2.75) is 46.2 Å². The predicted octanol–water partition coefficient (Wildman–Crippen LogP) is 2.51. The molecule has 1 aliphatic heterocycles. The van der Waals surface area contributed by atoms with Crippen molar-refractivity contribution in [2.75, 3.05) is 13.7 Å². The lowest BCUT2D eigenvalue weighted by atomic mass is 9.85. The van der Waals surface area contributed by atoms with Gasteiger partial charge in [-0.05, 0) is 29.9 Å². The average molecular weight is 421 g/mol. The molecule has 1 aromatic carbocycles. The zero-order valence-electron chi connectivity index (χ0n) is 17.7. The summed E-state index contributed by atoms with van der Waals surface area (Å²) in [6, 6.07) is 3.34. The highest BCUT2D eigenvalue weighted by Crippen LogP contribution is 2.29. The maximum absolute atomic E-state index is 13.2. The number of methoxy groups -OCH3 is 1. The average Bonchev–Trinajstić information content (AvgIpc) is 3.06. The number of carbonyl (C=O) groups excluding carboxylic acids is 3. The SMILES string of the molecule is COC(=O)[C@@H]1[C@@H](C)CCN1C(=O)[C@@H](NC(=O)Oc1ccc([N+](=O)[O-])cc1)C(C)(C)C. The summed E-state index contributed by atoms with van der Waals surface area (Å²) in [7, 11) is 1.27. The molecule has 2 rings (SSSR count). The first-order chi connectivity index (χ1) is 14.0. The Morgan fingerprint density at radius 2 is 1.83 bits per heavy atom. The molecule has 3 atom stereocenters. The molecule has 0 aromatic heterocycles. The van der Waals surface area contributed by atoms with E-state index in [1.807, 2.05) is 6.92 Å². The second-order valence-electron chi connectivity index (χ2n) is 8.35. The lowest BCUT2D eigenvalue weighted by Crippen LogP contribution is -2.57. The monoisotopic (exact) mass is 421 g/mol. The smallest absolute Gasteiger partial charge is 0.413 e. The summed E-state index contributed by atoms with van der Waals surface area (Å²) in [4.78, 5) is 49.4. The summed E-state index contributed by atoms with van der Waals surface area (Å²) in [5.41, 5.74) is -0.805. The molecule has 1 N–H and O–H groups in total. The molecule has 0 bridgehead atoms. The Labute approximate surface area is 174 Å². The van der Waals surface area contributed by atoms with Crippen LogP contribution in [0.3, 0.4) is 0 Å². The van der Waals surface area contributed by atoms with Gasteiger partial charge in [0.2, 0.25) is 5.91 Å². The fourth-order valence-electron chi connectivity index (χ4n) is 3.38. The van der Waals surface area contributed by atoms with Crippen molar-refractivity contribution in [2.24, 2.45) is 11.3 Å². The molecule has 164 valence electrons. The molecule has 1 aliphatic rings. The van der Waals surface area contributed by atoms with Crippen LogP contribution in [0.2, 0.25) is 0 Å². The summed E-state index contributed by atoms with van der Waals surface area (Å²) in [5, 5.41) is 13.3. The van der Waals surface area contributed by atoms with Gasteiger partial charge in [0.15, 0.2) is 0 Å². The molecule has 2 amide bonds. The van der Waals surface area contributed by atoms with Gasteiger partial charge in [0.25, 0.3) is 5.69 Å². The fraction of sp³-hybridized carbons (Fsp3) is 0.550. The highest BCUT2D eigenvalue weighted by atomic mass is 16.6. The summed E-state index contributed by atoms with van der Waals surface area (Å²) in [6.07, 6.45) is -0.228. The number of nitrogens with one attached hydrogen (secondary N) is 1. The van der Waals surface area contributed by atoms with Gasteiger partial charge in [-0.2, -0.15) is 0 Å². The van der Waals surface area contributed by atoms with Crippen molar-refractivity contribution in [3.05, 3.63) is 34.4 Å². The first-order valence-electron chi connectivity index (χ1n) is 9.56. The number of amides is 2. The number of non-ortho nitro benzene ring substituents is 1. The Morgan fingerprint density at radius 3 is 2.33 bits per heavy atom. The minimum absolute atomic E-state index is 0.0610. The largest absolute Gasteiger partial charge is 0.467 e. The van der Waals surface area contributed by atoms with E-state index in [0.29, 0.717) is 13.0 Å². The minimum Gasteiger partial charge on any atom is -0.467 e. The van der Waals surface area contributed by atoms with Crippen LogP contribution in [0.1, 0.15) is 34.1 Å². The summed E-state index contributed by atoms with van der Waals surface area (Å²) in [5.74, 6) is -0.855. The van der Waals surface area contributed by atoms with E-state index in [1.165, 1.54) is 36.3 Å². The van der Waals surface area contributed by atoms with Crippen molar-refractivity contribution in [1.82, 2.24) is 10.2 Å². The zero-order chi connectivity index (χ0) is 22.6. The number of benzene rings is 1. The normalized spacial score (nSPS) is 19.7. The van der Waals surface area contributed by atoms with E-state index < -0.39 is 40.4 Å². The van der Waals surface area contributed by atoms with Crippen molar-refractivity contribution < 1.29 is 28.8 Å². The second-order valence-corrected chi connectivity index (χ2v) is 8.35. The predicted molar refractivity (Wildman–Crippen MR) is 107 cm³/mol. The number of rotatable bonds is 5. The van der Waals surface area contributed by atoms with E-state index in [9.17, 15) is 24.5 Å². The summed E-state index contributed by atoms with van der Waals surface area (Å²) in [6.45, 7) is 7.61. The first kappa shape index (κ1) is 23.1. The van der Waals surface area contributed by atoms with Gasteiger partial charge in [-0.1, -0.05) is 27.7 Å².